The molecule has 1 unspecified atom stereocenters. The first-order valence-electron chi connectivity index (χ1n) is 8.63. The molecular formula is C18H25N3O2. The number of pyridine rings is 1. The fraction of sp³-hybridized carbons (Fsp3) is 0.556. The van der Waals surface area contributed by atoms with Gasteiger partial charge in [-0.1, -0.05) is 19.8 Å². The summed E-state index contributed by atoms with van der Waals surface area (Å²) in [6.45, 7) is 4.20. The molecule has 1 saturated heterocycles. The smallest absolute Gasteiger partial charge is 0.340 e. The van der Waals surface area contributed by atoms with E-state index in [1.807, 2.05) is 12.1 Å². The van der Waals surface area contributed by atoms with Crippen LogP contribution in [0.1, 0.15) is 49.4 Å². The molecule has 0 bridgehead atoms. The van der Waals surface area contributed by atoms with Crippen LogP contribution in [0.2, 0.25) is 0 Å². The van der Waals surface area contributed by atoms with Gasteiger partial charge in [-0.15, -0.1) is 0 Å². The Labute approximate surface area is 136 Å². The lowest BCUT2D eigenvalue weighted by molar-refractivity contribution is 0.00551. The zero-order chi connectivity index (χ0) is 16.1. The monoisotopic (exact) mass is 315 g/mol. The maximum atomic E-state index is 12.7. The third-order valence-corrected chi connectivity index (χ3v) is 4.68. The van der Waals surface area contributed by atoms with E-state index in [-0.39, 0.29) is 12.1 Å². The van der Waals surface area contributed by atoms with Crippen molar-refractivity contribution in [3.63, 3.8) is 0 Å². The van der Waals surface area contributed by atoms with Crippen LogP contribution in [-0.2, 0) is 4.74 Å². The molecule has 0 aliphatic carbocycles. The van der Waals surface area contributed by atoms with E-state index in [1.165, 1.54) is 0 Å². The van der Waals surface area contributed by atoms with Gasteiger partial charge in [-0.2, -0.15) is 0 Å². The van der Waals surface area contributed by atoms with Gasteiger partial charge in [0.1, 0.15) is 11.8 Å². The quantitative estimate of drug-likeness (QED) is 0.803. The zero-order valence-electron chi connectivity index (χ0n) is 13.7. The predicted octanol–water partition coefficient (Wildman–Crippen LogP) is 3.28. The number of piperidine rings is 1. The molecule has 124 valence electrons. The Bertz CT molecular complexity index is 647. The number of aromatic amines is 1. The highest BCUT2D eigenvalue weighted by atomic mass is 16.5. The van der Waals surface area contributed by atoms with Crippen LogP contribution >= 0.6 is 0 Å². The number of ether oxygens (including phenoxy) is 1. The minimum atomic E-state index is -0.233. The van der Waals surface area contributed by atoms with E-state index < -0.39 is 0 Å². The molecule has 5 nitrogen and oxygen atoms in total. The van der Waals surface area contributed by atoms with Gasteiger partial charge in [0.25, 0.3) is 0 Å². The minimum absolute atomic E-state index is 0.0196. The molecule has 2 aromatic rings. The van der Waals surface area contributed by atoms with Crippen molar-refractivity contribution in [2.24, 2.45) is 5.92 Å². The topological polar surface area (TPSA) is 67.0 Å². The molecule has 0 radical (unpaired) electrons. The van der Waals surface area contributed by atoms with Crippen LogP contribution < -0.4 is 5.32 Å². The zero-order valence-corrected chi connectivity index (χ0v) is 13.7. The first kappa shape index (κ1) is 16.0. The summed E-state index contributed by atoms with van der Waals surface area (Å²) in [4.78, 5) is 19.9. The summed E-state index contributed by atoms with van der Waals surface area (Å²) < 4.78 is 5.93. The number of H-pyrrole nitrogens is 1. The Morgan fingerprint density at radius 1 is 1.43 bits per heavy atom. The first-order chi connectivity index (χ1) is 11.3. The number of unbranched alkanes of at least 4 members (excludes halogenated alkanes) is 1. The average Bonchev–Trinajstić information content (AvgIpc) is 3.03. The summed E-state index contributed by atoms with van der Waals surface area (Å²) in [6.07, 6.45) is 8.77. The molecule has 23 heavy (non-hydrogen) atoms. The summed E-state index contributed by atoms with van der Waals surface area (Å²) in [5.74, 6) is 0.235. The standard InChI is InChI=1S/C18H25N3O2/c1-2-3-6-16(13-7-10-19-11-8-13)23-18(22)15-12-21-17-14(15)5-4-9-20-17/h4-5,9,12-13,16,19H,2-3,6-8,10-11H2,1H3,(H,20,21). The lowest BCUT2D eigenvalue weighted by Gasteiger charge is -2.30. The Morgan fingerprint density at radius 2 is 2.26 bits per heavy atom. The molecule has 1 aliphatic rings. The summed E-state index contributed by atoms with van der Waals surface area (Å²) in [5, 5.41) is 4.21. The molecule has 5 heteroatoms. The lowest BCUT2D eigenvalue weighted by atomic mass is 9.89. The first-order valence-corrected chi connectivity index (χ1v) is 8.63. The molecule has 2 aromatic heterocycles. The maximum absolute atomic E-state index is 12.7. The van der Waals surface area contributed by atoms with Gasteiger partial charge in [0.2, 0.25) is 0 Å². The number of rotatable bonds is 6. The van der Waals surface area contributed by atoms with E-state index in [0.717, 1.165) is 56.2 Å². The SMILES string of the molecule is CCCCC(OC(=O)c1c[nH]c2ncccc12)C1CCNCC1. The fourth-order valence-corrected chi connectivity index (χ4v) is 3.34. The molecule has 0 amide bonds. The van der Waals surface area contributed by atoms with E-state index in [0.29, 0.717) is 11.5 Å². The van der Waals surface area contributed by atoms with Gasteiger partial charge in [0.05, 0.1) is 5.56 Å². The van der Waals surface area contributed by atoms with Gasteiger partial charge in [0.15, 0.2) is 0 Å². The number of fused-ring (bicyclic) bond motifs is 1. The van der Waals surface area contributed by atoms with Crippen molar-refractivity contribution in [2.75, 3.05) is 13.1 Å². The molecule has 0 aromatic carbocycles. The Kier molecular flexibility index (Phi) is 5.28. The molecule has 1 aliphatic heterocycles. The molecule has 1 fully saturated rings. The second-order valence-electron chi connectivity index (χ2n) is 6.28. The predicted molar refractivity (Wildman–Crippen MR) is 90.4 cm³/mol. The maximum Gasteiger partial charge on any atom is 0.340 e. The summed E-state index contributed by atoms with van der Waals surface area (Å²) in [5.41, 5.74) is 1.31. The van der Waals surface area contributed by atoms with Crippen LogP contribution in [0.15, 0.2) is 24.5 Å². The summed E-state index contributed by atoms with van der Waals surface area (Å²) in [6, 6.07) is 3.75. The van der Waals surface area contributed by atoms with Crippen molar-refractivity contribution < 1.29 is 9.53 Å². The van der Waals surface area contributed by atoms with Crippen LogP contribution in [-0.4, -0.2) is 35.1 Å². The van der Waals surface area contributed by atoms with E-state index in [2.05, 4.69) is 22.2 Å². The molecular weight excluding hydrogens is 290 g/mol. The van der Waals surface area contributed by atoms with Gasteiger partial charge in [-0.25, -0.2) is 9.78 Å². The van der Waals surface area contributed by atoms with Crippen molar-refractivity contribution in [1.29, 1.82) is 0 Å². The third-order valence-electron chi connectivity index (χ3n) is 4.68. The second kappa shape index (κ2) is 7.59. The fourth-order valence-electron chi connectivity index (χ4n) is 3.34. The Hall–Kier alpha value is -1.88. The van der Waals surface area contributed by atoms with Crippen LogP contribution in [0.3, 0.4) is 0 Å². The molecule has 1 atom stereocenters. The molecule has 3 heterocycles. The molecule has 2 N–H and O–H groups in total. The largest absolute Gasteiger partial charge is 0.458 e. The van der Waals surface area contributed by atoms with Gasteiger partial charge in [-0.05, 0) is 50.4 Å². The van der Waals surface area contributed by atoms with E-state index in [4.69, 9.17) is 4.74 Å². The Morgan fingerprint density at radius 3 is 3.04 bits per heavy atom. The van der Waals surface area contributed by atoms with Crippen molar-refractivity contribution in [2.45, 2.75) is 45.1 Å². The van der Waals surface area contributed by atoms with Crippen molar-refractivity contribution >= 4 is 17.0 Å². The van der Waals surface area contributed by atoms with Gasteiger partial charge in [-0.3, -0.25) is 0 Å². The highest BCUT2D eigenvalue weighted by Crippen LogP contribution is 2.25. The van der Waals surface area contributed by atoms with E-state index >= 15 is 0 Å². The average molecular weight is 315 g/mol. The van der Waals surface area contributed by atoms with Crippen molar-refractivity contribution in [1.82, 2.24) is 15.3 Å². The number of esters is 1. The van der Waals surface area contributed by atoms with Gasteiger partial charge < -0.3 is 15.0 Å². The number of aromatic nitrogens is 2. The number of hydrogen-bond acceptors (Lipinski definition) is 4. The second-order valence-corrected chi connectivity index (χ2v) is 6.28. The highest BCUT2D eigenvalue weighted by Gasteiger charge is 2.27. The molecule has 0 spiro atoms. The van der Waals surface area contributed by atoms with Gasteiger partial charge >= 0.3 is 5.97 Å². The molecule has 3 rings (SSSR count). The number of hydrogen-bond donors (Lipinski definition) is 2. The van der Waals surface area contributed by atoms with Crippen LogP contribution in [0.5, 0.6) is 0 Å². The number of carbonyl (C=O) groups excluding carboxylic acids is 1. The number of nitrogens with one attached hydrogen (secondary N) is 2. The Balaban J connectivity index is 1.74. The van der Waals surface area contributed by atoms with Crippen LogP contribution in [0.25, 0.3) is 11.0 Å². The molecule has 0 saturated carbocycles. The summed E-state index contributed by atoms with van der Waals surface area (Å²) in [7, 11) is 0. The van der Waals surface area contributed by atoms with Gasteiger partial charge in [0, 0.05) is 17.8 Å². The lowest BCUT2D eigenvalue weighted by Crippen LogP contribution is -2.36. The highest BCUT2D eigenvalue weighted by molar-refractivity contribution is 6.03. The third kappa shape index (κ3) is 3.72. The van der Waals surface area contributed by atoms with Crippen molar-refractivity contribution in [3.8, 4) is 0 Å². The van der Waals surface area contributed by atoms with E-state index in [1.54, 1.807) is 12.4 Å². The van der Waals surface area contributed by atoms with Crippen LogP contribution in [0, 0.1) is 5.92 Å². The van der Waals surface area contributed by atoms with Crippen LogP contribution in [0.4, 0.5) is 0 Å². The normalized spacial score (nSPS) is 17.3. The number of carbonyl (C=O) groups is 1. The number of nitrogens with zero attached hydrogens (tertiary/aromatic N) is 1. The minimum Gasteiger partial charge on any atom is -0.458 e. The summed E-state index contributed by atoms with van der Waals surface area (Å²) >= 11 is 0. The van der Waals surface area contributed by atoms with E-state index in [9.17, 15) is 4.79 Å². The van der Waals surface area contributed by atoms with Crippen molar-refractivity contribution in [3.05, 3.63) is 30.1 Å².